The lowest BCUT2D eigenvalue weighted by Crippen LogP contribution is -2.33. The van der Waals surface area contributed by atoms with Crippen LogP contribution in [0, 0.1) is 0 Å². The minimum atomic E-state index is -1.07. The Hall–Kier alpha value is -1.26. The second-order valence-corrected chi connectivity index (χ2v) is 4.13. The number of nitrogens with zero attached hydrogens (tertiary/aromatic N) is 2. The van der Waals surface area contributed by atoms with Gasteiger partial charge in [0.1, 0.15) is 0 Å². The molecule has 0 fully saturated rings. The molecule has 1 atom stereocenters. The SMILES string of the molecule is CCOC1(c2ccccc2)N=NC(C)(C)O1. The van der Waals surface area contributed by atoms with Crippen LogP contribution in [0.5, 0.6) is 0 Å². The molecule has 1 unspecified atom stereocenters. The quantitative estimate of drug-likeness (QED) is 0.785. The Morgan fingerprint density at radius 2 is 1.88 bits per heavy atom. The molecule has 4 nitrogen and oxygen atoms in total. The average molecular weight is 220 g/mol. The van der Waals surface area contributed by atoms with Crippen LogP contribution in [0.25, 0.3) is 0 Å². The number of rotatable bonds is 3. The summed E-state index contributed by atoms with van der Waals surface area (Å²) < 4.78 is 11.4. The molecule has 1 aromatic rings. The van der Waals surface area contributed by atoms with Crippen molar-refractivity contribution < 1.29 is 9.47 Å². The van der Waals surface area contributed by atoms with Crippen LogP contribution in [0.15, 0.2) is 40.6 Å². The fourth-order valence-electron chi connectivity index (χ4n) is 1.67. The van der Waals surface area contributed by atoms with Gasteiger partial charge in [0, 0.05) is 12.2 Å². The Morgan fingerprint density at radius 1 is 1.19 bits per heavy atom. The predicted octanol–water partition coefficient (Wildman–Crippen LogP) is 3.05. The van der Waals surface area contributed by atoms with Gasteiger partial charge in [0.05, 0.1) is 0 Å². The van der Waals surface area contributed by atoms with E-state index in [1.54, 1.807) is 0 Å². The molecule has 2 rings (SSSR count). The Bertz CT molecular complexity index is 389. The summed E-state index contributed by atoms with van der Waals surface area (Å²) in [5.74, 6) is -1.07. The maximum absolute atomic E-state index is 5.81. The normalized spacial score (nSPS) is 27.2. The highest BCUT2D eigenvalue weighted by atomic mass is 16.7. The van der Waals surface area contributed by atoms with Gasteiger partial charge in [-0.3, -0.25) is 4.74 Å². The highest BCUT2D eigenvalue weighted by Gasteiger charge is 2.45. The molecule has 0 spiro atoms. The highest BCUT2D eigenvalue weighted by Crippen LogP contribution is 2.40. The van der Waals surface area contributed by atoms with E-state index >= 15 is 0 Å². The van der Waals surface area contributed by atoms with Gasteiger partial charge in [-0.1, -0.05) is 30.3 Å². The zero-order valence-electron chi connectivity index (χ0n) is 9.80. The lowest BCUT2D eigenvalue weighted by atomic mass is 10.1. The Labute approximate surface area is 95.3 Å². The van der Waals surface area contributed by atoms with Crippen LogP contribution in [0.2, 0.25) is 0 Å². The van der Waals surface area contributed by atoms with E-state index in [2.05, 4.69) is 10.2 Å². The first-order chi connectivity index (χ1) is 7.58. The highest BCUT2D eigenvalue weighted by molar-refractivity contribution is 5.20. The summed E-state index contributed by atoms with van der Waals surface area (Å²) in [4.78, 5) is 0. The van der Waals surface area contributed by atoms with Crippen molar-refractivity contribution in [3.63, 3.8) is 0 Å². The zero-order chi connectivity index (χ0) is 11.6. The molecule has 0 saturated carbocycles. The van der Waals surface area contributed by atoms with E-state index in [4.69, 9.17) is 9.47 Å². The summed E-state index contributed by atoms with van der Waals surface area (Å²) in [7, 11) is 0. The molecule has 1 aliphatic heterocycles. The fraction of sp³-hybridized carbons (Fsp3) is 0.500. The van der Waals surface area contributed by atoms with Gasteiger partial charge in [-0.25, -0.2) is 0 Å². The first kappa shape index (κ1) is 11.2. The molecule has 1 heterocycles. The molecule has 0 radical (unpaired) electrons. The van der Waals surface area contributed by atoms with Gasteiger partial charge in [0.2, 0.25) is 0 Å². The topological polar surface area (TPSA) is 43.2 Å². The Kier molecular flexibility index (Phi) is 2.78. The molecule has 4 heteroatoms. The number of ether oxygens (including phenoxy) is 2. The van der Waals surface area contributed by atoms with Crippen LogP contribution >= 0.6 is 0 Å². The largest absolute Gasteiger partial charge is 0.327 e. The average Bonchev–Trinajstić information content (AvgIpc) is 2.58. The summed E-state index contributed by atoms with van der Waals surface area (Å²) in [6, 6.07) is 9.66. The lowest BCUT2D eigenvalue weighted by Gasteiger charge is -2.27. The summed E-state index contributed by atoms with van der Waals surface area (Å²) in [6.45, 7) is 6.15. The number of hydrogen-bond donors (Lipinski definition) is 0. The van der Waals surface area contributed by atoms with Crippen molar-refractivity contribution >= 4 is 0 Å². The van der Waals surface area contributed by atoms with E-state index in [1.165, 1.54) is 0 Å². The van der Waals surface area contributed by atoms with Crippen LogP contribution in [-0.2, 0) is 15.4 Å². The number of hydrogen-bond acceptors (Lipinski definition) is 4. The Balaban J connectivity index is 2.36. The minimum absolute atomic E-state index is 0.518. The van der Waals surface area contributed by atoms with Crippen molar-refractivity contribution in [1.82, 2.24) is 0 Å². The second-order valence-electron chi connectivity index (χ2n) is 4.13. The smallest absolute Gasteiger partial charge is 0.317 e. The molecule has 86 valence electrons. The van der Waals surface area contributed by atoms with Gasteiger partial charge >= 0.3 is 5.91 Å². The van der Waals surface area contributed by atoms with E-state index in [9.17, 15) is 0 Å². The molecule has 0 aliphatic carbocycles. The summed E-state index contributed by atoms with van der Waals surface area (Å²) in [6.07, 6.45) is 0. The van der Waals surface area contributed by atoms with Crippen LogP contribution in [-0.4, -0.2) is 12.3 Å². The fourth-order valence-corrected chi connectivity index (χ4v) is 1.67. The van der Waals surface area contributed by atoms with E-state index < -0.39 is 11.6 Å². The van der Waals surface area contributed by atoms with Crippen molar-refractivity contribution in [3.05, 3.63) is 35.9 Å². The van der Waals surface area contributed by atoms with E-state index in [0.29, 0.717) is 6.61 Å². The Morgan fingerprint density at radius 3 is 2.38 bits per heavy atom. The second kappa shape index (κ2) is 3.96. The summed E-state index contributed by atoms with van der Waals surface area (Å²) >= 11 is 0. The van der Waals surface area contributed by atoms with Crippen LogP contribution in [0.1, 0.15) is 26.3 Å². The van der Waals surface area contributed by atoms with Crippen molar-refractivity contribution in [1.29, 1.82) is 0 Å². The van der Waals surface area contributed by atoms with E-state index in [0.717, 1.165) is 5.56 Å². The molecule has 0 bridgehead atoms. The van der Waals surface area contributed by atoms with Gasteiger partial charge in [0.25, 0.3) is 0 Å². The predicted molar refractivity (Wildman–Crippen MR) is 59.8 cm³/mol. The van der Waals surface area contributed by atoms with Gasteiger partial charge in [-0.15, -0.1) is 5.11 Å². The third-order valence-electron chi connectivity index (χ3n) is 2.29. The van der Waals surface area contributed by atoms with Gasteiger partial charge < -0.3 is 4.74 Å². The zero-order valence-corrected chi connectivity index (χ0v) is 9.80. The van der Waals surface area contributed by atoms with Crippen LogP contribution < -0.4 is 0 Å². The maximum Gasteiger partial charge on any atom is 0.317 e. The third-order valence-corrected chi connectivity index (χ3v) is 2.29. The van der Waals surface area contributed by atoms with Crippen LogP contribution in [0.3, 0.4) is 0 Å². The van der Waals surface area contributed by atoms with Gasteiger partial charge in [0.15, 0.2) is 5.72 Å². The van der Waals surface area contributed by atoms with Crippen molar-refractivity contribution in [2.75, 3.05) is 6.61 Å². The standard InChI is InChI=1S/C12H16N2O2/c1-4-15-12(10-8-6-5-7-9-10)14-13-11(2,3)16-12/h5-9H,4H2,1-3H3. The molecule has 0 aromatic heterocycles. The maximum atomic E-state index is 5.81. The number of azo groups is 1. The first-order valence-electron chi connectivity index (χ1n) is 5.42. The van der Waals surface area contributed by atoms with Crippen molar-refractivity contribution in [2.24, 2.45) is 10.2 Å². The van der Waals surface area contributed by atoms with E-state index in [-0.39, 0.29) is 0 Å². The minimum Gasteiger partial charge on any atom is -0.327 e. The summed E-state index contributed by atoms with van der Waals surface area (Å²) in [5, 5.41) is 8.25. The summed E-state index contributed by atoms with van der Waals surface area (Å²) in [5.41, 5.74) is 0.233. The molecule has 0 N–H and O–H groups in total. The molecule has 16 heavy (non-hydrogen) atoms. The van der Waals surface area contributed by atoms with Gasteiger partial charge in [-0.2, -0.15) is 5.11 Å². The molecule has 0 saturated heterocycles. The van der Waals surface area contributed by atoms with E-state index in [1.807, 2.05) is 51.1 Å². The van der Waals surface area contributed by atoms with Crippen LogP contribution in [0.4, 0.5) is 0 Å². The monoisotopic (exact) mass is 220 g/mol. The first-order valence-corrected chi connectivity index (χ1v) is 5.42. The molecule has 0 amide bonds. The molecule has 1 aromatic carbocycles. The molecule has 1 aliphatic rings. The van der Waals surface area contributed by atoms with Crippen molar-refractivity contribution in [2.45, 2.75) is 32.4 Å². The lowest BCUT2D eigenvalue weighted by molar-refractivity contribution is -0.258. The number of benzene rings is 1. The van der Waals surface area contributed by atoms with Crippen molar-refractivity contribution in [3.8, 4) is 0 Å². The van der Waals surface area contributed by atoms with Gasteiger partial charge in [-0.05, 0) is 20.8 Å². The third kappa shape index (κ3) is 1.99. The molecular weight excluding hydrogens is 204 g/mol. The molecular formula is C12H16N2O2.